The summed E-state index contributed by atoms with van der Waals surface area (Å²) in [5, 5.41) is 8.20. The van der Waals surface area contributed by atoms with Crippen LogP contribution in [0.4, 0.5) is 4.39 Å². The molecule has 0 aliphatic rings. The molecule has 0 saturated heterocycles. The molecule has 0 spiro atoms. The lowest BCUT2D eigenvalue weighted by molar-refractivity contribution is -0.131. The highest BCUT2D eigenvalue weighted by molar-refractivity contribution is 5.87. The van der Waals surface area contributed by atoms with Gasteiger partial charge in [0.05, 0.1) is 11.8 Å². The Hall–Kier alpha value is -1.42. The van der Waals surface area contributed by atoms with Crippen molar-refractivity contribution in [2.45, 2.75) is 0 Å². The van der Waals surface area contributed by atoms with E-state index in [1.54, 1.807) is 12.1 Å². The van der Waals surface area contributed by atoms with Gasteiger partial charge in [-0.3, -0.25) is 4.98 Å². The molecule has 1 aromatic rings. The van der Waals surface area contributed by atoms with Crippen LogP contribution in [0.1, 0.15) is 5.69 Å². The number of pyridine rings is 1. The normalized spacial score (nSPS) is 10.4. The lowest BCUT2D eigenvalue weighted by atomic mass is 10.3. The van der Waals surface area contributed by atoms with Crippen molar-refractivity contribution < 1.29 is 14.3 Å². The van der Waals surface area contributed by atoms with Crippen LogP contribution in [0, 0.1) is 0 Å². The molecule has 0 bridgehead atoms. The van der Waals surface area contributed by atoms with E-state index >= 15 is 0 Å². The largest absolute Gasteiger partial charge is 0.478 e. The number of hydrogen-bond acceptors (Lipinski definition) is 2. The number of carboxylic acid groups (broad SMARTS) is 1. The van der Waals surface area contributed by atoms with Gasteiger partial charge in [-0.05, 0) is 12.1 Å². The lowest BCUT2D eigenvalue weighted by Gasteiger charge is -1.92. The summed E-state index contributed by atoms with van der Waals surface area (Å²) in [6, 6.07) is 4.60. The summed E-state index contributed by atoms with van der Waals surface area (Å²) in [4.78, 5) is 13.7. The third-order valence-electron chi connectivity index (χ3n) is 1.16. The molecule has 1 heterocycles. The highest BCUT2D eigenvalue weighted by atomic mass is 35.5. The van der Waals surface area contributed by atoms with Crippen molar-refractivity contribution in [1.82, 2.24) is 4.98 Å². The summed E-state index contributed by atoms with van der Waals surface area (Å²) < 4.78 is 12.8. The maximum absolute atomic E-state index is 12.8. The number of halogens is 2. The minimum absolute atomic E-state index is 0. The first-order valence-corrected chi connectivity index (χ1v) is 3.21. The first-order valence-electron chi connectivity index (χ1n) is 3.21. The number of aromatic nitrogens is 1. The lowest BCUT2D eigenvalue weighted by Crippen LogP contribution is -1.90. The fourth-order valence-corrected chi connectivity index (χ4v) is 0.686. The molecule has 0 aromatic carbocycles. The first kappa shape index (κ1) is 11.6. The Morgan fingerprint density at radius 1 is 1.54 bits per heavy atom. The Morgan fingerprint density at radius 2 is 2.23 bits per heavy atom. The zero-order valence-corrected chi connectivity index (χ0v) is 7.29. The Labute approximate surface area is 80.3 Å². The molecule has 0 aliphatic carbocycles. The van der Waals surface area contributed by atoms with Crippen molar-refractivity contribution in [2.75, 3.05) is 0 Å². The van der Waals surface area contributed by atoms with Gasteiger partial charge in [0.2, 0.25) is 0 Å². The van der Waals surface area contributed by atoms with Crippen LogP contribution in [0.3, 0.4) is 0 Å². The quantitative estimate of drug-likeness (QED) is 0.747. The van der Waals surface area contributed by atoms with Gasteiger partial charge >= 0.3 is 5.97 Å². The standard InChI is InChI=1S/C8H6FNO2.ClH/c9-6(5-8(11)12)7-3-1-2-4-10-7;/h1-5H,(H,11,12);1H/b6-5-;. The van der Waals surface area contributed by atoms with Gasteiger partial charge in [0.1, 0.15) is 0 Å². The number of rotatable bonds is 2. The van der Waals surface area contributed by atoms with Crippen LogP contribution in [0.2, 0.25) is 0 Å². The third-order valence-corrected chi connectivity index (χ3v) is 1.16. The van der Waals surface area contributed by atoms with Gasteiger partial charge in [0.15, 0.2) is 5.83 Å². The van der Waals surface area contributed by atoms with E-state index in [1.807, 2.05) is 0 Å². The van der Waals surface area contributed by atoms with Gasteiger partial charge in [0.25, 0.3) is 0 Å². The van der Waals surface area contributed by atoms with Gasteiger partial charge < -0.3 is 5.11 Å². The molecule has 1 aromatic heterocycles. The summed E-state index contributed by atoms with van der Waals surface area (Å²) in [7, 11) is 0. The van der Waals surface area contributed by atoms with Crippen molar-refractivity contribution in [3.8, 4) is 0 Å². The van der Waals surface area contributed by atoms with Crippen molar-refractivity contribution in [1.29, 1.82) is 0 Å². The predicted molar refractivity (Wildman–Crippen MR) is 48.2 cm³/mol. The van der Waals surface area contributed by atoms with Gasteiger partial charge in [-0.1, -0.05) is 6.07 Å². The van der Waals surface area contributed by atoms with E-state index in [4.69, 9.17) is 5.11 Å². The number of aliphatic carboxylic acids is 1. The van der Waals surface area contributed by atoms with E-state index < -0.39 is 11.8 Å². The summed E-state index contributed by atoms with van der Waals surface area (Å²) in [5.74, 6) is -2.17. The molecule has 0 saturated carbocycles. The van der Waals surface area contributed by atoms with E-state index in [9.17, 15) is 9.18 Å². The van der Waals surface area contributed by atoms with E-state index in [2.05, 4.69) is 4.98 Å². The first-order chi connectivity index (χ1) is 5.70. The molecule has 0 fully saturated rings. The van der Waals surface area contributed by atoms with Crippen molar-refractivity contribution in [3.05, 3.63) is 36.2 Å². The molecule has 1 rings (SSSR count). The Morgan fingerprint density at radius 3 is 2.69 bits per heavy atom. The molecule has 13 heavy (non-hydrogen) atoms. The van der Waals surface area contributed by atoms with Gasteiger partial charge in [-0.15, -0.1) is 12.4 Å². The topological polar surface area (TPSA) is 50.2 Å². The fourth-order valence-electron chi connectivity index (χ4n) is 0.686. The molecule has 0 aliphatic heterocycles. The number of hydrogen-bond donors (Lipinski definition) is 1. The molecule has 70 valence electrons. The molecular weight excluding hydrogens is 197 g/mol. The molecular formula is C8H7ClFNO2. The van der Waals surface area contributed by atoms with Gasteiger partial charge in [0, 0.05) is 6.20 Å². The summed E-state index contributed by atoms with van der Waals surface area (Å²) in [6.07, 6.45) is 1.87. The summed E-state index contributed by atoms with van der Waals surface area (Å²) in [5.41, 5.74) is 0.0277. The second kappa shape index (κ2) is 5.27. The maximum atomic E-state index is 12.8. The molecule has 0 atom stereocenters. The van der Waals surface area contributed by atoms with Crippen LogP contribution in [0.25, 0.3) is 5.83 Å². The molecule has 0 radical (unpaired) electrons. The van der Waals surface area contributed by atoms with Crippen LogP contribution in [0.15, 0.2) is 30.5 Å². The van der Waals surface area contributed by atoms with Gasteiger partial charge in [-0.2, -0.15) is 0 Å². The monoisotopic (exact) mass is 203 g/mol. The predicted octanol–water partition coefficient (Wildman–Crippen LogP) is 1.90. The second-order valence-electron chi connectivity index (χ2n) is 2.05. The van der Waals surface area contributed by atoms with Gasteiger partial charge in [-0.25, -0.2) is 9.18 Å². The zero-order valence-electron chi connectivity index (χ0n) is 6.48. The second-order valence-corrected chi connectivity index (χ2v) is 2.05. The highest BCUT2D eigenvalue weighted by Gasteiger charge is 2.02. The van der Waals surface area contributed by atoms with Crippen LogP contribution in [-0.2, 0) is 4.79 Å². The average molecular weight is 204 g/mol. The maximum Gasteiger partial charge on any atom is 0.331 e. The fraction of sp³-hybridized carbons (Fsp3) is 0. The summed E-state index contributed by atoms with van der Waals surface area (Å²) in [6.45, 7) is 0. The molecule has 0 unspecified atom stereocenters. The summed E-state index contributed by atoms with van der Waals surface area (Å²) >= 11 is 0. The van der Waals surface area contributed by atoms with Crippen molar-refractivity contribution >= 4 is 24.2 Å². The Kier molecular flexibility index (Phi) is 4.69. The third kappa shape index (κ3) is 3.66. The molecule has 0 amide bonds. The number of carbonyl (C=O) groups is 1. The van der Waals surface area contributed by atoms with Crippen molar-refractivity contribution in [2.24, 2.45) is 0 Å². The SMILES string of the molecule is Cl.O=C(O)/C=C(\F)c1ccccn1. The molecule has 1 N–H and O–H groups in total. The molecule has 3 nitrogen and oxygen atoms in total. The Balaban J connectivity index is 0.00000144. The Bertz CT molecular complexity index is 313. The number of nitrogens with zero attached hydrogens (tertiary/aromatic N) is 1. The highest BCUT2D eigenvalue weighted by Crippen LogP contribution is 2.11. The number of carboxylic acids is 1. The van der Waals surface area contributed by atoms with Crippen LogP contribution in [-0.4, -0.2) is 16.1 Å². The zero-order chi connectivity index (χ0) is 8.97. The van der Waals surface area contributed by atoms with Crippen LogP contribution >= 0.6 is 12.4 Å². The van der Waals surface area contributed by atoms with E-state index in [-0.39, 0.29) is 18.1 Å². The smallest absolute Gasteiger partial charge is 0.331 e. The minimum atomic E-state index is -1.32. The van der Waals surface area contributed by atoms with Crippen LogP contribution < -0.4 is 0 Å². The van der Waals surface area contributed by atoms with E-state index in [0.29, 0.717) is 6.08 Å². The van der Waals surface area contributed by atoms with E-state index in [0.717, 1.165) is 0 Å². The van der Waals surface area contributed by atoms with E-state index in [1.165, 1.54) is 12.3 Å². The van der Waals surface area contributed by atoms with Crippen LogP contribution in [0.5, 0.6) is 0 Å². The minimum Gasteiger partial charge on any atom is -0.478 e. The average Bonchev–Trinajstić information content (AvgIpc) is 2.05. The molecule has 5 heteroatoms. The van der Waals surface area contributed by atoms with Crippen molar-refractivity contribution in [3.63, 3.8) is 0 Å².